The first-order chi connectivity index (χ1) is 11.7. The second-order valence-electron chi connectivity index (χ2n) is 6.72. The second-order valence-corrected chi connectivity index (χ2v) is 7.95. The molecule has 0 aliphatic carbocycles. The van der Waals surface area contributed by atoms with Crippen molar-refractivity contribution in [3.63, 3.8) is 0 Å². The lowest BCUT2D eigenvalue weighted by atomic mass is 10.1. The molecule has 2 nitrogen and oxygen atoms in total. The van der Waals surface area contributed by atoms with Gasteiger partial charge in [0.15, 0.2) is 11.5 Å². The van der Waals surface area contributed by atoms with Gasteiger partial charge in [0, 0.05) is 0 Å². The van der Waals surface area contributed by atoms with Gasteiger partial charge in [-0.1, -0.05) is 70.8 Å². The highest BCUT2D eigenvalue weighted by Crippen LogP contribution is 2.25. The zero-order chi connectivity index (χ0) is 17.5. The lowest BCUT2D eigenvalue weighted by Crippen LogP contribution is -1.90. The molecule has 3 heteroatoms. The van der Waals surface area contributed by atoms with Crippen LogP contribution in [0.3, 0.4) is 0 Å². The predicted molar refractivity (Wildman–Crippen MR) is 107 cm³/mol. The Bertz CT molecular complexity index is 420. The summed E-state index contributed by atoms with van der Waals surface area (Å²) in [5, 5.41) is 18.7. The van der Waals surface area contributed by atoms with E-state index in [9.17, 15) is 10.2 Å². The Morgan fingerprint density at radius 2 is 1.29 bits per heavy atom. The summed E-state index contributed by atoms with van der Waals surface area (Å²) in [5.74, 6) is 2.41. The maximum Gasteiger partial charge on any atom is 0.157 e. The fraction of sp³-hybridized carbons (Fsp3) is 0.714. The Labute approximate surface area is 153 Å². The number of phenols is 2. The summed E-state index contributed by atoms with van der Waals surface area (Å²) in [5.41, 5.74) is 1.10. The van der Waals surface area contributed by atoms with Crippen LogP contribution >= 0.6 is 11.8 Å². The molecular weight excluding hydrogens is 316 g/mol. The van der Waals surface area contributed by atoms with Crippen LogP contribution < -0.4 is 0 Å². The van der Waals surface area contributed by atoms with Crippen LogP contribution in [-0.4, -0.2) is 21.7 Å². The summed E-state index contributed by atoms with van der Waals surface area (Å²) < 4.78 is 0. The van der Waals surface area contributed by atoms with Gasteiger partial charge in [0.1, 0.15) is 0 Å². The van der Waals surface area contributed by atoms with Gasteiger partial charge in [-0.2, -0.15) is 11.8 Å². The van der Waals surface area contributed by atoms with Gasteiger partial charge in [-0.15, -0.1) is 0 Å². The fourth-order valence-electron chi connectivity index (χ4n) is 2.90. The van der Waals surface area contributed by atoms with Gasteiger partial charge >= 0.3 is 0 Å². The lowest BCUT2D eigenvalue weighted by Gasteiger charge is -2.05. The molecular formula is C21H36O2S. The topological polar surface area (TPSA) is 40.5 Å². The number of thioether (sulfide) groups is 1. The van der Waals surface area contributed by atoms with Crippen LogP contribution in [0.4, 0.5) is 0 Å². The van der Waals surface area contributed by atoms with Crippen molar-refractivity contribution in [2.24, 2.45) is 0 Å². The molecule has 0 aromatic heterocycles. The average Bonchev–Trinajstić information content (AvgIpc) is 2.58. The molecule has 0 amide bonds. The zero-order valence-corrected chi connectivity index (χ0v) is 16.3. The van der Waals surface area contributed by atoms with Crippen LogP contribution in [0.5, 0.6) is 11.5 Å². The smallest absolute Gasteiger partial charge is 0.157 e. The van der Waals surface area contributed by atoms with Crippen LogP contribution in [0.15, 0.2) is 18.2 Å². The van der Waals surface area contributed by atoms with E-state index in [0.717, 1.165) is 18.4 Å². The molecule has 0 radical (unpaired) electrons. The van der Waals surface area contributed by atoms with E-state index in [-0.39, 0.29) is 11.5 Å². The molecule has 0 saturated heterocycles. The van der Waals surface area contributed by atoms with Crippen LogP contribution in [0.2, 0.25) is 0 Å². The maximum atomic E-state index is 9.46. The molecule has 0 unspecified atom stereocenters. The van der Waals surface area contributed by atoms with Crippen molar-refractivity contribution in [3.05, 3.63) is 23.8 Å². The summed E-state index contributed by atoms with van der Waals surface area (Å²) in [6.07, 6.45) is 16.1. The minimum atomic E-state index is -0.0333. The van der Waals surface area contributed by atoms with Crippen LogP contribution in [-0.2, 0) is 6.42 Å². The van der Waals surface area contributed by atoms with Crippen LogP contribution in [0.1, 0.15) is 83.1 Å². The van der Waals surface area contributed by atoms with E-state index in [1.165, 1.54) is 75.7 Å². The molecule has 138 valence electrons. The Morgan fingerprint density at radius 1 is 0.708 bits per heavy atom. The van der Waals surface area contributed by atoms with Gasteiger partial charge < -0.3 is 10.2 Å². The third-order valence-corrected chi connectivity index (χ3v) is 5.59. The maximum absolute atomic E-state index is 9.46. The van der Waals surface area contributed by atoms with Crippen molar-refractivity contribution in [1.29, 1.82) is 0 Å². The quantitative estimate of drug-likeness (QED) is 0.273. The highest BCUT2D eigenvalue weighted by Gasteiger charge is 2.00. The first-order valence-electron chi connectivity index (χ1n) is 9.82. The monoisotopic (exact) mass is 352 g/mol. The van der Waals surface area contributed by atoms with Crippen LogP contribution in [0.25, 0.3) is 0 Å². The highest BCUT2D eigenvalue weighted by atomic mass is 32.2. The van der Waals surface area contributed by atoms with Crippen molar-refractivity contribution in [2.45, 2.75) is 84.0 Å². The van der Waals surface area contributed by atoms with Crippen molar-refractivity contribution < 1.29 is 10.2 Å². The predicted octanol–water partition coefficient (Wildman–Crippen LogP) is 6.68. The van der Waals surface area contributed by atoms with Crippen LogP contribution in [0, 0.1) is 0 Å². The number of benzene rings is 1. The van der Waals surface area contributed by atoms with Crippen molar-refractivity contribution in [2.75, 3.05) is 11.5 Å². The van der Waals surface area contributed by atoms with Gasteiger partial charge in [-0.25, -0.2) is 0 Å². The van der Waals surface area contributed by atoms with Crippen molar-refractivity contribution >= 4 is 11.8 Å². The number of unbranched alkanes of at least 4 members (excludes halogenated alkanes) is 9. The third-order valence-electron chi connectivity index (χ3n) is 4.44. The Kier molecular flexibility index (Phi) is 12.8. The van der Waals surface area contributed by atoms with Gasteiger partial charge in [0.25, 0.3) is 0 Å². The first-order valence-corrected chi connectivity index (χ1v) is 11.0. The molecule has 1 aromatic rings. The SMILES string of the molecule is CCCCCCCCCCCCSCCCc1ccc(O)c(O)c1. The van der Waals surface area contributed by atoms with E-state index in [2.05, 4.69) is 6.92 Å². The summed E-state index contributed by atoms with van der Waals surface area (Å²) in [6, 6.07) is 5.13. The van der Waals surface area contributed by atoms with Gasteiger partial charge in [0.05, 0.1) is 0 Å². The molecule has 2 N–H and O–H groups in total. The minimum absolute atomic E-state index is 0.00878. The van der Waals surface area contributed by atoms with E-state index in [1.807, 2.05) is 17.8 Å². The van der Waals surface area contributed by atoms with Crippen molar-refractivity contribution in [1.82, 2.24) is 0 Å². The summed E-state index contributed by atoms with van der Waals surface area (Å²) in [6.45, 7) is 2.27. The fourth-order valence-corrected chi connectivity index (χ4v) is 3.86. The molecule has 0 bridgehead atoms. The molecule has 0 atom stereocenters. The average molecular weight is 353 g/mol. The van der Waals surface area contributed by atoms with E-state index >= 15 is 0 Å². The third kappa shape index (κ3) is 10.9. The van der Waals surface area contributed by atoms with Gasteiger partial charge in [0.2, 0.25) is 0 Å². The van der Waals surface area contributed by atoms with Gasteiger partial charge in [-0.05, 0) is 48.5 Å². The largest absolute Gasteiger partial charge is 0.504 e. The number of phenolic OH excluding ortho intramolecular Hbond substituents is 2. The Morgan fingerprint density at radius 3 is 1.92 bits per heavy atom. The lowest BCUT2D eigenvalue weighted by molar-refractivity contribution is 0.403. The Hall–Kier alpha value is -0.830. The second kappa shape index (κ2) is 14.5. The highest BCUT2D eigenvalue weighted by molar-refractivity contribution is 7.99. The number of rotatable bonds is 15. The summed E-state index contributed by atoms with van der Waals surface area (Å²) in [7, 11) is 0. The molecule has 0 fully saturated rings. The zero-order valence-electron chi connectivity index (χ0n) is 15.4. The molecule has 0 spiro atoms. The molecule has 0 aliphatic heterocycles. The molecule has 24 heavy (non-hydrogen) atoms. The minimum Gasteiger partial charge on any atom is -0.504 e. The van der Waals surface area contributed by atoms with E-state index < -0.39 is 0 Å². The number of hydrogen-bond acceptors (Lipinski definition) is 3. The number of hydrogen-bond donors (Lipinski definition) is 2. The van der Waals surface area contributed by atoms with Crippen molar-refractivity contribution in [3.8, 4) is 11.5 Å². The van der Waals surface area contributed by atoms with E-state index in [0.29, 0.717) is 0 Å². The summed E-state index contributed by atoms with van der Waals surface area (Å²) in [4.78, 5) is 0. The number of aryl methyl sites for hydroxylation is 1. The van der Waals surface area contributed by atoms with Gasteiger partial charge in [-0.3, -0.25) is 0 Å². The molecule has 0 heterocycles. The first kappa shape index (κ1) is 21.2. The molecule has 1 rings (SSSR count). The summed E-state index contributed by atoms with van der Waals surface area (Å²) >= 11 is 2.05. The normalized spacial score (nSPS) is 11.0. The molecule has 0 aliphatic rings. The molecule has 0 saturated carbocycles. The Balaban J connectivity index is 1.83. The standard InChI is InChI=1S/C21H36O2S/c1-2-3-4-5-6-7-8-9-10-11-16-24-17-12-13-19-14-15-20(22)21(23)18-19/h14-15,18,22-23H,2-13,16-17H2,1H3. The van der Waals surface area contributed by atoms with E-state index in [4.69, 9.17) is 0 Å². The van der Waals surface area contributed by atoms with E-state index in [1.54, 1.807) is 12.1 Å². The number of aromatic hydroxyl groups is 2. The molecule has 1 aromatic carbocycles.